The number of rotatable bonds is 4. The van der Waals surface area contributed by atoms with Crippen molar-refractivity contribution in [2.24, 2.45) is 17.8 Å². The Bertz CT molecular complexity index is 724. The van der Waals surface area contributed by atoms with E-state index in [4.69, 9.17) is 11.6 Å². The quantitative estimate of drug-likeness (QED) is 0.851. The van der Waals surface area contributed by atoms with Crippen LogP contribution in [0.1, 0.15) is 36.7 Å². The number of halogens is 1. The largest absolute Gasteiger partial charge is 0.331 e. The summed E-state index contributed by atoms with van der Waals surface area (Å²) in [5, 5.41) is 0.678. The lowest BCUT2D eigenvalue weighted by Gasteiger charge is -2.28. The van der Waals surface area contributed by atoms with Gasteiger partial charge < -0.3 is 4.90 Å². The smallest absolute Gasteiger partial charge is 0.226 e. The van der Waals surface area contributed by atoms with Gasteiger partial charge in [-0.3, -0.25) is 4.79 Å². The summed E-state index contributed by atoms with van der Waals surface area (Å²) in [5.74, 6) is 2.26. The first-order valence-electron chi connectivity index (χ1n) is 8.46. The fourth-order valence-corrected chi connectivity index (χ4v) is 4.32. The van der Waals surface area contributed by atoms with E-state index in [2.05, 4.69) is 9.97 Å². The molecular weight excluding hydrogens is 322 g/mol. The second-order valence-electron chi connectivity index (χ2n) is 6.79. The Balaban J connectivity index is 1.64. The third kappa shape index (κ3) is 2.69. The number of carbonyl (C=O) groups excluding carboxylic acids is 1. The third-order valence-electron chi connectivity index (χ3n) is 5.44. The van der Waals surface area contributed by atoms with Gasteiger partial charge in [0.25, 0.3) is 0 Å². The Kier molecular flexibility index (Phi) is 4.01. The highest BCUT2D eigenvalue weighted by atomic mass is 35.5. The molecule has 1 aromatic heterocycles. The summed E-state index contributed by atoms with van der Waals surface area (Å²) in [6.45, 7) is 0. The van der Waals surface area contributed by atoms with Crippen LogP contribution < -0.4 is 0 Å². The molecule has 4 nitrogen and oxygen atoms in total. The SMILES string of the molecule is CN(C(=O)C1[C@@H]2CCC[C@@H]12)[C@H](c1ccc(Cl)cc1)c1ncccn1. The van der Waals surface area contributed by atoms with Gasteiger partial charge in [-0.25, -0.2) is 9.97 Å². The van der Waals surface area contributed by atoms with E-state index in [1.165, 1.54) is 19.3 Å². The molecule has 1 heterocycles. The van der Waals surface area contributed by atoms with E-state index in [9.17, 15) is 4.79 Å². The van der Waals surface area contributed by atoms with Crippen LogP contribution in [0.25, 0.3) is 0 Å². The molecule has 1 amide bonds. The fourth-order valence-electron chi connectivity index (χ4n) is 4.19. The van der Waals surface area contributed by atoms with Crippen molar-refractivity contribution < 1.29 is 4.79 Å². The summed E-state index contributed by atoms with van der Waals surface area (Å²) in [6, 6.07) is 9.09. The van der Waals surface area contributed by atoms with Crippen LogP contribution in [0, 0.1) is 17.8 Å². The monoisotopic (exact) mass is 341 g/mol. The Hall–Kier alpha value is -1.94. The van der Waals surface area contributed by atoms with Crippen molar-refractivity contribution in [2.45, 2.75) is 25.3 Å². The standard InChI is InChI=1S/C19H20ClN3O/c1-23(19(24)16-14-4-2-5-15(14)16)17(18-21-10-3-11-22-18)12-6-8-13(20)9-7-12/h3,6-11,14-17H,2,4-5H2,1H3/t14-,15-,17-/m1/s1. The number of carbonyl (C=O) groups is 1. The molecule has 0 bridgehead atoms. The van der Waals surface area contributed by atoms with Crippen LogP contribution in [0.2, 0.25) is 5.02 Å². The molecule has 2 fully saturated rings. The van der Waals surface area contributed by atoms with Gasteiger partial charge in [-0.05, 0) is 48.4 Å². The maximum Gasteiger partial charge on any atom is 0.226 e. The zero-order valence-corrected chi connectivity index (χ0v) is 14.4. The minimum Gasteiger partial charge on any atom is -0.331 e. The summed E-state index contributed by atoms with van der Waals surface area (Å²) >= 11 is 6.02. The molecule has 3 atom stereocenters. The summed E-state index contributed by atoms with van der Waals surface area (Å²) < 4.78 is 0. The predicted molar refractivity (Wildman–Crippen MR) is 92.4 cm³/mol. The van der Waals surface area contributed by atoms with Crippen molar-refractivity contribution in [3.8, 4) is 0 Å². The first kappa shape index (κ1) is 15.6. The third-order valence-corrected chi connectivity index (χ3v) is 5.69. The van der Waals surface area contributed by atoms with Crippen molar-refractivity contribution in [3.63, 3.8) is 0 Å². The van der Waals surface area contributed by atoms with E-state index < -0.39 is 0 Å². The zero-order chi connectivity index (χ0) is 16.7. The Labute approximate surface area is 146 Å². The van der Waals surface area contributed by atoms with Gasteiger partial charge in [0.2, 0.25) is 5.91 Å². The van der Waals surface area contributed by atoms with Crippen LogP contribution in [0.5, 0.6) is 0 Å². The highest BCUT2D eigenvalue weighted by molar-refractivity contribution is 6.30. The molecule has 5 heteroatoms. The van der Waals surface area contributed by atoms with Crippen LogP contribution >= 0.6 is 11.6 Å². The molecular formula is C19H20ClN3O. The molecule has 0 radical (unpaired) electrons. The Morgan fingerprint density at radius 3 is 2.42 bits per heavy atom. The number of benzene rings is 1. The molecule has 24 heavy (non-hydrogen) atoms. The topological polar surface area (TPSA) is 46.1 Å². The summed E-state index contributed by atoms with van der Waals surface area (Å²) in [4.78, 5) is 23.6. The second kappa shape index (κ2) is 6.17. The predicted octanol–water partition coefficient (Wildman–Crippen LogP) is 3.72. The maximum atomic E-state index is 13.0. The number of fused-ring (bicyclic) bond motifs is 1. The Morgan fingerprint density at radius 2 is 1.79 bits per heavy atom. The zero-order valence-electron chi connectivity index (χ0n) is 13.6. The van der Waals surface area contributed by atoms with Gasteiger partial charge in [0.05, 0.1) is 0 Å². The molecule has 2 aromatic rings. The van der Waals surface area contributed by atoms with Crippen molar-refractivity contribution >= 4 is 17.5 Å². The normalized spacial score (nSPS) is 25.8. The van der Waals surface area contributed by atoms with Crippen LogP contribution in [0.4, 0.5) is 0 Å². The van der Waals surface area contributed by atoms with E-state index in [0.717, 1.165) is 5.56 Å². The van der Waals surface area contributed by atoms with Crippen molar-refractivity contribution in [1.29, 1.82) is 0 Å². The van der Waals surface area contributed by atoms with Crippen LogP contribution in [0.15, 0.2) is 42.7 Å². The number of hydrogen-bond donors (Lipinski definition) is 0. The van der Waals surface area contributed by atoms with Gasteiger partial charge in [0, 0.05) is 30.4 Å². The minimum absolute atomic E-state index is 0.197. The fraction of sp³-hybridized carbons (Fsp3) is 0.421. The van der Waals surface area contributed by atoms with E-state index in [1.807, 2.05) is 36.2 Å². The number of amides is 1. The molecule has 0 saturated heterocycles. The Morgan fingerprint density at radius 1 is 1.17 bits per heavy atom. The second-order valence-corrected chi connectivity index (χ2v) is 7.23. The lowest BCUT2D eigenvalue weighted by Crippen LogP contribution is -2.35. The lowest BCUT2D eigenvalue weighted by molar-refractivity contribution is -0.133. The van der Waals surface area contributed by atoms with E-state index in [1.54, 1.807) is 18.5 Å². The molecule has 0 aliphatic heterocycles. The van der Waals surface area contributed by atoms with E-state index >= 15 is 0 Å². The average Bonchev–Trinajstić information content (AvgIpc) is 3.08. The molecule has 0 unspecified atom stereocenters. The van der Waals surface area contributed by atoms with Gasteiger partial charge in [-0.15, -0.1) is 0 Å². The lowest BCUT2D eigenvalue weighted by atomic mass is 10.0. The van der Waals surface area contributed by atoms with Crippen LogP contribution in [-0.4, -0.2) is 27.8 Å². The maximum absolute atomic E-state index is 13.0. The molecule has 4 rings (SSSR count). The first-order chi connectivity index (χ1) is 11.7. The molecule has 124 valence electrons. The van der Waals surface area contributed by atoms with Gasteiger partial charge in [0.1, 0.15) is 6.04 Å². The highest BCUT2D eigenvalue weighted by Crippen LogP contribution is 2.58. The highest BCUT2D eigenvalue weighted by Gasteiger charge is 2.57. The number of aromatic nitrogens is 2. The van der Waals surface area contributed by atoms with Crippen molar-refractivity contribution in [3.05, 3.63) is 59.1 Å². The van der Waals surface area contributed by atoms with Crippen molar-refractivity contribution in [2.75, 3.05) is 7.05 Å². The van der Waals surface area contributed by atoms with Gasteiger partial charge >= 0.3 is 0 Å². The summed E-state index contributed by atoms with van der Waals surface area (Å²) in [7, 11) is 1.87. The van der Waals surface area contributed by atoms with Crippen LogP contribution in [-0.2, 0) is 4.79 Å². The molecule has 0 N–H and O–H groups in total. The van der Waals surface area contributed by atoms with Gasteiger partial charge in [0.15, 0.2) is 5.82 Å². The minimum atomic E-state index is -0.280. The van der Waals surface area contributed by atoms with Crippen molar-refractivity contribution in [1.82, 2.24) is 14.9 Å². The molecule has 2 aliphatic rings. The van der Waals surface area contributed by atoms with Crippen LogP contribution in [0.3, 0.4) is 0 Å². The average molecular weight is 342 g/mol. The summed E-state index contributed by atoms with van der Waals surface area (Å²) in [6.07, 6.45) is 7.10. The van der Waals surface area contributed by atoms with Gasteiger partial charge in [-0.1, -0.05) is 30.2 Å². The number of hydrogen-bond acceptors (Lipinski definition) is 3. The molecule has 2 saturated carbocycles. The van der Waals surface area contributed by atoms with E-state index in [-0.39, 0.29) is 17.9 Å². The molecule has 0 spiro atoms. The number of nitrogens with zero attached hydrogens (tertiary/aromatic N) is 3. The van der Waals surface area contributed by atoms with Gasteiger partial charge in [-0.2, -0.15) is 0 Å². The summed E-state index contributed by atoms with van der Waals surface area (Å²) in [5.41, 5.74) is 0.979. The molecule has 1 aromatic carbocycles. The first-order valence-corrected chi connectivity index (χ1v) is 8.83. The van der Waals surface area contributed by atoms with E-state index in [0.29, 0.717) is 22.7 Å². The molecule has 2 aliphatic carbocycles.